The van der Waals surface area contributed by atoms with Crippen LogP contribution in [0.25, 0.3) is 0 Å². The van der Waals surface area contributed by atoms with Gasteiger partial charge in [-0.1, -0.05) is 46.3 Å². The van der Waals surface area contributed by atoms with E-state index in [-0.39, 0.29) is 0 Å². The Balaban J connectivity index is 1.28. The molecule has 200 valence electrons. The molecule has 1 aromatic heterocycles. The van der Waals surface area contributed by atoms with E-state index in [2.05, 4.69) is 51.6 Å². The van der Waals surface area contributed by atoms with Gasteiger partial charge in [-0.2, -0.15) is 20.1 Å². The lowest BCUT2D eigenvalue weighted by Gasteiger charge is -2.26. The van der Waals surface area contributed by atoms with E-state index in [9.17, 15) is 0 Å². The third-order valence-corrected chi connectivity index (χ3v) is 6.69. The highest BCUT2D eigenvalue weighted by molar-refractivity contribution is 9.10. The minimum absolute atomic E-state index is 0.363. The summed E-state index contributed by atoms with van der Waals surface area (Å²) in [6, 6.07) is 23.5. The molecule has 3 aromatic carbocycles. The van der Waals surface area contributed by atoms with E-state index >= 15 is 0 Å². The second-order valence-corrected chi connectivity index (χ2v) is 9.93. The average molecular weight is 589 g/mol. The van der Waals surface area contributed by atoms with E-state index in [1.54, 1.807) is 13.3 Å². The van der Waals surface area contributed by atoms with Crippen LogP contribution in [0.5, 0.6) is 11.5 Å². The molecular formula is C29H30BrN7O2. The summed E-state index contributed by atoms with van der Waals surface area (Å²) in [7, 11) is 1.62. The van der Waals surface area contributed by atoms with E-state index in [4.69, 9.17) is 9.47 Å². The first-order chi connectivity index (χ1) is 19.2. The Morgan fingerprint density at radius 3 is 2.44 bits per heavy atom. The van der Waals surface area contributed by atoms with Gasteiger partial charge in [0.25, 0.3) is 0 Å². The molecular weight excluding hydrogens is 558 g/mol. The maximum absolute atomic E-state index is 5.98. The van der Waals surface area contributed by atoms with Crippen molar-refractivity contribution in [3.63, 3.8) is 0 Å². The number of nitrogens with zero attached hydrogens (tertiary/aromatic N) is 5. The van der Waals surface area contributed by atoms with E-state index in [1.165, 1.54) is 6.42 Å². The zero-order valence-electron chi connectivity index (χ0n) is 21.7. The second kappa shape index (κ2) is 13.1. The number of hydrogen-bond donors (Lipinski definition) is 2. The molecule has 0 spiro atoms. The van der Waals surface area contributed by atoms with Crippen molar-refractivity contribution in [1.82, 2.24) is 15.0 Å². The number of methoxy groups -OCH3 is 1. The number of para-hydroxylation sites is 1. The van der Waals surface area contributed by atoms with Crippen LogP contribution in [0.4, 0.5) is 23.5 Å². The molecule has 10 heteroatoms. The molecule has 2 heterocycles. The standard InChI is InChI=1S/C29H30BrN7O2/c1-38-26-18-22(12-15-25(26)39-20-21-10-13-23(30)14-11-21)19-31-36-28-33-27(32-24-8-4-2-5-9-24)34-29(35-28)37-16-6-3-7-17-37/h2,4-5,8-15,18-19H,3,6-7,16-17,20H2,1H3,(H2,32,33,34,35,36)/b31-19-. The summed E-state index contributed by atoms with van der Waals surface area (Å²) >= 11 is 3.45. The van der Waals surface area contributed by atoms with E-state index in [0.29, 0.717) is 36.0 Å². The molecule has 0 amide bonds. The highest BCUT2D eigenvalue weighted by atomic mass is 79.9. The van der Waals surface area contributed by atoms with Crippen LogP contribution in [0.2, 0.25) is 0 Å². The minimum atomic E-state index is 0.363. The fourth-order valence-corrected chi connectivity index (χ4v) is 4.41. The summed E-state index contributed by atoms with van der Waals surface area (Å²) in [5.74, 6) is 2.74. The molecule has 1 aliphatic rings. The van der Waals surface area contributed by atoms with Crippen LogP contribution in [-0.4, -0.2) is 41.4 Å². The van der Waals surface area contributed by atoms with Crippen molar-refractivity contribution in [2.45, 2.75) is 25.9 Å². The zero-order valence-corrected chi connectivity index (χ0v) is 23.3. The van der Waals surface area contributed by atoms with Crippen LogP contribution in [-0.2, 0) is 6.61 Å². The van der Waals surface area contributed by atoms with Crippen molar-refractivity contribution < 1.29 is 9.47 Å². The maximum Gasteiger partial charge on any atom is 0.250 e. The second-order valence-electron chi connectivity index (χ2n) is 9.02. The fourth-order valence-electron chi connectivity index (χ4n) is 4.15. The first-order valence-corrected chi connectivity index (χ1v) is 13.6. The van der Waals surface area contributed by atoms with Crippen LogP contribution in [0.3, 0.4) is 0 Å². The van der Waals surface area contributed by atoms with Gasteiger partial charge in [0.2, 0.25) is 17.8 Å². The number of piperidine rings is 1. The molecule has 0 bridgehead atoms. The molecule has 0 atom stereocenters. The lowest BCUT2D eigenvalue weighted by Crippen LogP contribution is -2.31. The van der Waals surface area contributed by atoms with E-state index in [1.807, 2.05) is 72.8 Å². The van der Waals surface area contributed by atoms with Gasteiger partial charge in [0.15, 0.2) is 11.5 Å². The Hall–Kier alpha value is -4.18. The molecule has 0 aliphatic carbocycles. The van der Waals surface area contributed by atoms with Crippen molar-refractivity contribution in [2.24, 2.45) is 5.10 Å². The monoisotopic (exact) mass is 587 g/mol. The number of hydrogen-bond acceptors (Lipinski definition) is 9. The van der Waals surface area contributed by atoms with Crippen molar-refractivity contribution in [1.29, 1.82) is 0 Å². The van der Waals surface area contributed by atoms with E-state index in [0.717, 1.165) is 47.2 Å². The van der Waals surface area contributed by atoms with Gasteiger partial charge in [-0.25, -0.2) is 5.43 Å². The Morgan fingerprint density at radius 2 is 1.67 bits per heavy atom. The van der Waals surface area contributed by atoms with Crippen LogP contribution >= 0.6 is 15.9 Å². The quantitative estimate of drug-likeness (QED) is 0.162. The largest absolute Gasteiger partial charge is 0.493 e. The molecule has 1 fully saturated rings. The molecule has 0 saturated carbocycles. The Morgan fingerprint density at radius 1 is 0.897 bits per heavy atom. The lowest BCUT2D eigenvalue weighted by molar-refractivity contribution is 0.284. The number of anilines is 4. The van der Waals surface area contributed by atoms with Crippen LogP contribution in [0, 0.1) is 0 Å². The third kappa shape index (κ3) is 7.44. The number of aromatic nitrogens is 3. The summed E-state index contributed by atoms with van der Waals surface area (Å²) in [6.45, 7) is 2.29. The lowest BCUT2D eigenvalue weighted by atomic mass is 10.1. The molecule has 5 rings (SSSR count). The highest BCUT2D eigenvalue weighted by Gasteiger charge is 2.16. The van der Waals surface area contributed by atoms with Crippen LogP contribution in [0.15, 0.2) is 82.4 Å². The number of rotatable bonds is 10. The van der Waals surface area contributed by atoms with Gasteiger partial charge < -0.3 is 19.7 Å². The minimum Gasteiger partial charge on any atom is -0.493 e. The summed E-state index contributed by atoms with van der Waals surface area (Å²) in [5, 5.41) is 7.64. The van der Waals surface area contributed by atoms with Gasteiger partial charge in [-0.05, 0) is 72.9 Å². The molecule has 0 unspecified atom stereocenters. The average Bonchev–Trinajstić information content (AvgIpc) is 2.98. The van der Waals surface area contributed by atoms with Crippen molar-refractivity contribution >= 4 is 45.7 Å². The Bertz CT molecular complexity index is 1390. The summed E-state index contributed by atoms with van der Waals surface area (Å²) in [4.78, 5) is 16.0. The number of nitrogens with one attached hydrogen (secondary N) is 2. The Labute approximate surface area is 236 Å². The van der Waals surface area contributed by atoms with Gasteiger partial charge >= 0.3 is 0 Å². The van der Waals surface area contributed by atoms with Gasteiger partial charge in [-0.15, -0.1) is 0 Å². The molecule has 4 aromatic rings. The van der Waals surface area contributed by atoms with Gasteiger partial charge in [0.1, 0.15) is 6.61 Å². The molecule has 1 aliphatic heterocycles. The summed E-state index contributed by atoms with van der Waals surface area (Å²) in [6.07, 6.45) is 5.16. The van der Waals surface area contributed by atoms with Crippen molar-refractivity contribution in [3.05, 3.63) is 88.4 Å². The topological polar surface area (TPSA) is 96.8 Å². The predicted molar refractivity (Wildman–Crippen MR) is 158 cm³/mol. The zero-order chi connectivity index (χ0) is 26.9. The van der Waals surface area contributed by atoms with Gasteiger partial charge in [-0.3, -0.25) is 0 Å². The normalized spacial score (nSPS) is 13.3. The van der Waals surface area contributed by atoms with Crippen LogP contribution in [0.1, 0.15) is 30.4 Å². The van der Waals surface area contributed by atoms with Crippen LogP contribution < -0.4 is 25.1 Å². The molecule has 39 heavy (non-hydrogen) atoms. The molecule has 2 N–H and O–H groups in total. The fraction of sp³-hybridized carbons (Fsp3) is 0.241. The summed E-state index contributed by atoms with van der Waals surface area (Å²) < 4.78 is 12.6. The third-order valence-electron chi connectivity index (χ3n) is 6.17. The summed E-state index contributed by atoms with van der Waals surface area (Å²) in [5.41, 5.74) is 5.77. The van der Waals surface area contributed by atoms with Crippen molar-refractivity contribution in [2.75, 3.05) is 35.8 Å². The molecule has 1 saturated heterocycles. The first-order valence-electron chi connectivity index (χ1n) is 12.8. The maximum atomic E-state index is 5.98. The SMILES string of the molecule is COc1cc(/C=N\Nc2nc(Nc3ccccc3)nc(N3CCCCC3)n2)ccc1OCc1ccc(Br)cc1. The van der Waals surface area contributed by atoms with Gasteiger partial charge in [0, 0.05) is 23.2 Å². The molecule has 9 nitrogen and oxygen atoms in total. The molecule has 0 radical (unpaired) electrons. The number of ether oxygens (including phenoxy) is 2. The highest BCUT2D eigenvalue weighted by Crippen LogP contribution is 2.28. The van der Waals surface area contributed by atoms with E-state index < -0.39 is 0 Å². The number of halogens is 1. The Kier molecular flexibility index (Phi) is 8.85. The smallest absolute Gasteiger partial charge is 0.250 e. The van der Waals surface area contributed by atoms with Crippen molar-refractivity contribution in [3.8, 4) is 11.5 Å². The number of benzene rings is 3. The first kappa shape index (κ1) is 26.4. The van der Waals surface area contributed by atoms with Gasteiger partial charge in [0.05, 0.1) is 13.3 Å². The number of hydrazone groups is 1. The predicted octanol–water partition coefficient (Wildman–Crippen LogP) is 6.40.